The lowest BCUT2D eigenvalue weighted by molar-refractivity contribution is 0.487. The van der Waals surface area contributed by atoms with Gasteiger partial charge in [-0.05, 0) is 132 Å². The van der Waals surface area contributed by atoms with Crippen molar-refractivity contribution in [3.8, 4) is 56.0 Å². The first-order chi connectivity index (χ1) is 29.3. The normalized spacial score (nSPS) is 16.7. The largest absolute Gasteiger partial charge is 0.456 e. The minimum atomic E-state index is -0.345. The molecule has 1 atom stereocenters. The Hall–Kier alpha value is -7.42. The number of ether oxygens (including phenoxy) is 1. The number of fused-ring (bicyclic) bond motifs is 16. The number of benzene rings is 9. The van der Waals surface area contributed by atoms with Crippen LogP contribution in [0.3, 0.4) is 0 Å². The average molecular weight is 751 g/mol. The van der Waals surface area contributed by atoms with Crippen molar-refractivity contribution in [2.24, 2.45) is 0 Å². The number of para-hydroxylation sites is 2. The first-order valence-electron chi connectivity index (χ1n) is 20.7. The fourth-order valence-corrected chi connectivity index (χ4v) is 11.4. The molecule has 2 nitrogen and oxygen atoms in total. The molecule has 1 unspecified atom stereocenters. The molecule has 14 rings (SSSR count). The van der Waals surface area contributed by atoms with E-state index in [1.807, 2.05) is 6.07 Å². The average Bonchev–Trinajstić information content (AvgIpc) is 3.93. The molecule has 0 fully saturated rings. The predicted molar refractivity (Wildman–Crippen MR) is 242 cm³/mol. The molecule has 4 aliphatic rings. The van der Waals surface area contributed by atoms with Crippen LogP contribution in [0.4, 0.5) is 0 Å². The van der Waals surface area contributed by atoms with Crippen LogP contribution in [0.25, 0.3) is 93.6 Å². The van der Waals surface area contributed by atoms with Gasteiger partial charge in [-0.1, -0.05) is 146 Å². The summed E-state index contributed by atoms with van der Waals surface area (Å²) in [6.45, 7) is 0. The minimum absolute atomic E-state index is 0.345. The molecule has 3 aliphatic carbocycles. The third-order valence-electron chi connectivity index (χ3n) is 13.8. The highest BCUT2D eigenvalue weighted by atomic mass is 16.5. The molecular formula is C57H34O2. The summed E-state index contributed by atoms with van der Waals surface area (Å²) in [5.41, 5.74) is 19.6. The maximum Gasteiger partial charge on any atom is 0.143 e. The van der Waals surface area contributed by atoms with Crippen LogP contribution in [0.15, 0.2) is 192 Å². The third-order valence-corrected chi connectivity index (χ3v) is 13.8. The molecule has 274 valence electrons. The molecule has 2 heteroatoms. The highest BCUT2D eigenvalue weighted by Crippen LogP contribution is 2.65. The molecular weight excluding hydrogens is 717 g/mol. The van der Waals surface area contributed by atoms with E-state index in [1.54, 1.807) is 0 Å². The first kappa shape index (κ1) is 31.6. The molecule has 0 amide bonds. The number of hydrogen-bond acceptors (Lipinski definition) is 2. The summed E-state index contributed by atoms with van der Waals surface area (Å²) < 4.78 is 13.3. The summed E-state index contributed by atoms with van der Waals surface area (Å²) >= 11 is 0. The van der Waals surface area contributed by atoms with Crippen LogP contribution < -0.4 is 4.74 Å². The van der Waals surface area contributed by atoms with Crippen molar-refractivity contribution in [2.45, 2.75) is 18.3 Å². The lowest BCUT2D eigenvalue weighted by atomic mass is 9.67. The Morgan fingerprint density at radius 2 is 1.20 bits per heavy atom. The van der Waals surface area contributed by atoms with E-state index >= 15 is 0 Å². The number of hydrogen-bond donors (Lipinski definition) is 0. The van der Waals surface area contributed by atoms with Gasteiger partial charge in [0.25, 0.3) is 0 Å². The van der Waals surface area contributed by atoms with Gasteiger partial charge in [0.15, 0.2) is 0 Å². The SMILES string of the molecule is C1=CC2=C(CC1)C1(c3cc(-c4ccc5c(c4)-c4cccc6c(-c7cccc8c7oc7ccccc78)ccc(c46)O5)ccc32)c2ccccc2-c2c1ccc1ccccc21. The van der Waals surface area contributed by atoms with Gasteiger partial charge in [0, 0.05) is 27.3 Å². The second-order valence-corrected chi connectivity index (χ2v) is 16.5. The highest BCUT2D eigenvalue weighted by molar-refractivity contribution is 6.15. The second kappa shape index (κ2) is 11.4. The fraction of sp³-hybridized carbons (Fsp3) is 0.0526. The van der Waals surface area contributed by atoms with Crippen LogP contribution in [-0.2, 0) is 5.41 Å². The molecule has 0 saturated heterocycles. The Labute approximate surface area is 341 Å². The quantitative estimate of drug-likeness (QED) is 0.176. The van der Waals surface area contributed by atoms with Crippen molar-refractivity contribution in [3.63, 3.8) is 0 Å². The summed E-state index contributed by atoms with van der Waals surface area (Å²) in [5.74, 6) is 1.76. The smallest absolute Gasteiger partial charge is 0.143 e. The number of rotatable bonds is 2. The lowest BCUT2D eigenvalue weighted by Gasteiger charge is -2.33. The van der Waals surface area contributed by atoms with E-state index < -0.39 is 0 Å². The van der Waals surface area contributed by atoms with Gasteiger partial charge in [-0.3, -0.25) is 0 Å². The fourth-order valence-electron chi connectivity index (χ4n) is 11.4. The van der Waals surface area contributed by atoms with E-state index in [9.17, 15) is 0 Å². The van der Waals surface area contributed by atoms with Gasteiger partial charge in [-0.2, -0.15) is 0 Å². The van der Waals surface area contributed by atoms with E-state index in [1.165, 1.54) is 72.0 Å². The van der Waals surface area contributed by atoms with Crippen molar-refractivity contribution < 1.29 is 9.15 Å². The van der Waals surface area contributed by atoms with Crippen LogP contribution in [0.2, 0.25) is 0 Å². The van der Waals surface area contributed by atoms with Gasteiger partial charge in [0.2, 0.25) is 0 Å². The Bertz CT molecular complexity index is 3590. The van der Waals surface area contributed by atoms with Crippen molar-refractivity contribution >= 4 is 49.1 Å². The Morgan fingerprint density at radius 1 is 0.458 bits per heavy atom. The van der Waals surface area contributed by atoms with Gasteiger partial charge in [-0.15, -0.1) is 0 Å². The highest BCUT2D eigenvalue weighted by Gasteiger charge is 2.53. The van der Waals surface area contributed by atoms with E-state index in [0.29, 0.717) is 0 Å². The molecule has 2 heterocycles. The van der Waals surface area contributed by atoms with Crippen molar-refractivity contribution in [2.75, 3.05) is 0 Å². The molecule has 9 aromatic carbocycles. The van der Waals surface area contributed by atoms with Gasteiger partial charge in [0.05, 0.1) is 5.41 Å². The molecule has 1 aliphatic heterocycles. The third kappa shape index (κ3) is 4.01. The molecule has 0 bridgehead atoms. The minimum Gasteiger partial charge on any atom is -0.456 e. The monoisotopic (exact) mass is 750 g/mol. The van der Waals surface area contributed by atoms with Crippen molar-refractivity contribution in [1.29, 1.82) is 0 Å². The number of allylic oxidation sites excluding steroid dienone is 4. The van der Waals surface area contributed by atoms with E-state index in [-0.39, 0.29) is 5.41 Å². The van der Waals surface area contributed by atoms with E-state index in [0.717, 1.165) is 73.7 Å². The predicted octanol–water partition coefficient (Wildman–Crippen LogP) is 15.4. The maximum atomic E-state index is 6.76. The van der Waals surface area contributed by atoms with Crippen LogP contribution in [-0.4, -0.2) is 0 Å². The molecule has 0 N–H and O–H groups in total. The van der Waals surface area contributed by atoms with Crippen LogP contribution in [0.5, 0.6) is 11.5 Å². The standard InChI is InChI=1S/C57H34O2/c1-2-12-36-33(11-1)24-28-49-54(36)45-15-4-7-21-48(45)57(49)47-20-6-3-13-38(47)39-26-23-35(32-50(39)57)34-25-29-52-46(31-34)42-17-9-16-41-37(27-30-53(58-52)55(41)42)43-18-10-19-44-40-14-5-8-22-51(40)59-56(43)44/h1-5,7-19,21-32H,6,20H2. The maximum absolute atomic E-state index is 6.76. The zero-order chi connectivity index (χ0) is 38.4. The number of furan rings is 1. The van der Waals surface area contributed by atoms with Crippen LogP contribution in [0, 0.1) is 0 Å². The van der Waals surface area contributed by atoms with Gasteiger partial charge >= 0.3 is 0 Å². The second-order valence-electron chi connectivity index (χ2n) is 16.5. The van der Waals surface area contributed by atoms with Crippen molar-refractivity contribution in [1.82, 2.24) is 0 Å². The summed E-state index contributed by atoms with van der Waals surface area (Å²) in [6.07, 6.45) is 6.86. The first-order valence-corrected chi connectivity index (χ1v) is 20.7. The lowest BCUT2D eigenvalue weighted by Crippen LogP contribution is -2.27. The van der Waals surface area contributed by atoms with E-state index in [4.69, 9.17) is 9.15 Å². The van der Waals surface area contributed by atoms with E-state index in [2.05, 4.69) is 176 Å². The van der Waals surface area contributed by atoms with Gasteiger partial charge in [0.1, 0.15) is 22.7 Å². The van der Waals surface area contributed by atoms with Gasteiger partial charge in [-0.25, -0.2) is 0 Å². The molecule has 10 aromatic rings. The van der Waals surface area contributed by atoms with Crippen LogP contribution in [0.1, 0.15) is 35.1 Å². The van der Waals surface area contributed by atoms with Crippen molar-refractivity contribution in [3.05, 3.63) is 210 Å². The summed E-state index contributed by atoms with van der Waals surface area (Å²) in [6, 6.07) is 62.6. The zero-order valence-corrected chi connectivity index (χ0v) is 32.1. The molecule has 1 aromatic heterocycles. The molecule has 59 heavy (non-hydrogen) atoms. The Balaban J connectivity index is 0.956. The Morgan fingerprint density at radius 3 is 2.17 bits per heavy atom. The molecule has 1 spiro atoms. The Kier molecular flexibility index (Phi) is 6.10. The molecule has 0 saturated carbocycles. The molecule has 0 radical (unpaired) electrons. The topological polar surface area (TPSA) is 22.4 Å². The summed E-state index contributed by atoms with van der Waals surface area (Å²) in [5, 5.41) is 7.16. The van der Waals surface area contributed by atoms with Gasteiger partial charge < -0.3 is 9.15 Å². The summed E-state index contributed by atoms with van der Waals surface area (Å²) in [7, 11) is 0. The summed E-state index contributed by atoms with van der Waals surface area (Å²) in [4.78, 5) is 0. The van der Waals surface area contributed by atoms with Crippen LogP contribution >= 0.6 is 0 Å². The zero-order valence-electron chi connectivity index (χ0n) is 32.1.